The molecule has 20 heavy (non-hydrogen) atoms. The fraction of sp³-hybridized carbons (Fsp3) is 0.583. The standard InChI is InChI=1S/C12H16ClN3O3S/c1-7-12(18,3-4-19-7)6-15-10(17)9-8(13)5-14-11(16-9)20-2/h5,7,18H,3-4,6H2,1-2H3,(H,15,17). The molecule has 1 aliphatic heterocycles. The van der Waals surface area contributed by atoms with E-state index in [9.17, 15) is 9.90 Å². The number of halogens is 1. The van der Waals surface area contributed by atoms with Gasteiger partial charge in [0.15, 0.2) is 10.9 Å². The fourth-order valence-corrected chi connectivity index (χ4v) is 2.45. The summed E-state index contributed by atoms with van der Waals surface area (Å²) >= 11 is 7.25. The first-order chi connectivity index (χ1) is 9.46. The van der Waals surface area contributed by atoms with Crippen molar-refractivity contribution in [2.75, 3.05) is 19.4 Å². The molecular formula is C12H16ClN3O3S. The van der Waals surface area contributed by atoms with Crippen molar-refractivity contribution in [3.05, 3.63) is 16.9 Å². The lowest BCUT2D eigenvalue weighted by Gasteiger charge is -2.26. The van der Waals surface area contributed by atoms with Gasteiger partial charge in [0.25, 0.3) is 5.91 Å². The molecule has 1 fully saturated rings. The van der Waals surface area contributed by atoms with Gasteiger partial charge in [-0.25, -0.2) is 9.97 Å². The van der Waals surface area contributed by atoms with E-state index in [1.807, 2.05) is 6.26 Å². The van der Waals surface area contributed by atoms with Crippen molar-refractivity contribution in [1.29, 1.82) is 0 Å². The molecule has 2 unspecified atom stereocenters. The molecule has 0 bridgehead atoms. The van der Waals surface area contributed by atoms with E-state index in [0.717, 1.165) is 0 Å². The largest absolute Gasteiger partial charge is 0.385 e. The van der Waals surface area contributed by atoms with Crippen molar-refractivity contribution in [2.45, 2.75) is 30.2 Å². The zero-order valence-electron chi connectivity index (χ0n) is 11.2. The van der Waals surface area contributed by atoms with Crippen LogP contribution in [0, 0.1) is 0 Å². The topological polar surface area (TPSA) is 84.3 Å². The number of rotatable bonds is 4. The molecule has 2 heterocycles. The zero-order valence-corrected chi connectivity index (χ0v) is 12.8. The molecule has 2 N–H and O–H groups in total. The maximum absolute atomic E-state index is 12.1. The molecule has 0 aromatic carbocycles. The minimum absolute atomic E-state index is 0.0991. The Morgan fingerprint density at radius 3 is 3.10 bits per heavy atom. The number of ether oxygens (including phenoxy) is 1. The number of carbonyl (C=O) groups is 1. The van der Waals surface area contributed by atoms with Crippen molar-refractivity contribution in [2.24, 2.45) is 0 Å². The van der Waals surface area contributed by atoms with Gasteiger partial charge in [0.05, 0.1) is 17.3 Å². The van der Waals surface area contributed by atoms with Crippen LogP contribution < -0.4 is 5.32 Å². The van der Waals surface area contributed by atoms with Gasteiger partial charge in [-0.15, -0.1) is 0 Å². The van der Waals surface area contributed by atoms with Crippen molar-refractivity contribution < 1.29 is 14.6 Å². The Hall–Kier alpha value is -0.890. The van der Waals surface area contributed by atoms with Gasteiger partial charge in [0, 0.05) is 19.6 Å². The highest BCUT2D eigenvalue weighted by Crippen LogP contribution is 2.25. The van der Waals surface area contributed by atoms with Crippen LogP contribution in [0.25, 0.3) is 0 Å². The molecule has 1 aromatic heterocycles. The Morgan fingerprint density at radius 1 is 1.75 bits per heavy atom. The number of carbonyl (C=O) groups excluding carboxylic acids is 1. The maximum atomic E-state index is 12.1. The third kappa shape index (κ3) is 3.22. The monoisotopic (exact) mass is 317 g/mol. The molecular weight excluding hydrogens is 302 g/mol. The van der Waals surface area contributed by atoms with Crippen molar-refractivity contribution >= 4 is 29.3 Å². The van der Waals surface area contributed by atoms with Crippen LogP contribution in [-0.4, -0.2) is 52.1 Å². The predicted octanol–water partition coefficient (Wildman–Crippen LogP) is 1.12. The Bertz CT molecular complexity index is 517. The Morgan fingerprint density at radius 2 is 2.50 bits per heavy atom. The van der Waals surface area contributed by atoms with Crippen LogP contribution in [0.4, 0.5) is 0 Å². The third-order valence-corrected chi connectivity index (χ3v) is 4.17. The highest BCUT2D eigenvalue weighted by molar-refractivity contribution is 7.98. The van der Waals surface area contributed by atoms with Crippen LogP contribution in [-0.2, 0) is 4.74 Å². The molecule has 1 aromatic rings. The van der Waals surface area contributed by atoms with Gasteiger partial charge >= 0.3 is 0 Å². The van der Waals surface area contributed by atoms with Crippen LogP contribution in [0.5, 0.6) is 0 Å². The van der Waals surface area contributed by atoms with E-state index in [-0.39, 0.29) is 23.4 Å². The van der Waals surface area contributed by atoms with Gasteiger partial charge in [-0.2, -0.15) is 0 Å². The summed E-state index contributed by atoms with van der Waals surface area (Å²) in [5.41, 5.74) is -0.932. The van der Waals surface area contributed by atoms with Crippen LogP contribution >= 0.6 is 23.4 Å². The number of amides is 1. The Kier molecular flexibility index (Phi) is 4.85. The number of thioether (sulfide) groups is 1. The number of hydrogen-bond donors (Lipinski definition) is 2. The molecule has 1 amide bonds. The summed E-state index contributed by atoms with van der Waals surface area (Å²) in [6.07, 6.45) is 3.38. The summed E-state index contributed by atoms with van der Waals surface area (Å²) in [6, 6.07) is 0. The normalized spacial score (nSPS) is 25.7. The average molecular weight is 318 g/mol. The molecule has 0 radical (unpaired) electrons. The summed E-state index contributed by atoms with van der Waals surface area (Å²) in [4.78, 5) is 20.1. The van der Waals surface area contributed by atoms with Gasteiger partial charge in [-0.1, -0.05) is 23.4 Å². The minimum atomic E-state index is -1.04. The van der Waals surface area contributed by atoms with E-state index in [4.69, 9.17) is 16.3 Å². The van der Waals surface area contributed by atoms with Gasteiger partial charge in [0.1, 0.15) is 5.60 Å². The van der Waals surface area contributed by atoms with E-state index >= 15 is 0 Å². The molecule has 0 spiro atoms. The first-order valence-electron chi connectivity index (χ1n) is 6.15. The van der Waals surface area contributed by atoms with E-state index in [1.54, 1.807) is 6.92 Å². The molecule has 110 valence electrons. The second-order valence-electron chi connectivity index (χ2n) is 4.60. The van der Waals surface area contributed by atoms with Crippen molar-refractivity contribution in [3.8, 4) is 0 Å². The molecule has 2 atom stereocenters. The van der Waals surface area contributed by atoms with Crippen molar-refractivity contribution in [3.63, 3.8) is 0 Å². The van der Waals surface area contributed by atoms with E-state index < -0.39 is 11.5 Å². The SMILES string of the molecule is CSc1ncc(Cl)c(C(=O)NCC2(O)CCOC2C)n1. The highest BCUT2D eigenvalue weighted by Gasteiger charge is 2.39. The number of nitrogens with one attached hydrogen (secondary N) is 1. The summed E-state index contributed by atoms with van der Waals surface area (Å²) in [6.45, 7) is 2.36. The lowest BCUT2D eigenvalue weighted by molar-refractivity contribution is -0.0252. The van der Waals surface area contributed by atoms with Crippen LogP contribution in [0.2, 0.25) is 5.02 Å². The van der Waals surface area contributed by atoms with Crippen molar-refractivity contribution in [1.82, 2.24) is 15.3 Å². The van der Waals surface area contributed by atoms with Gasteiger partial charge in [-0.05, 0) is 13.2 Å². The number of nitrogens with zero attached hydrogens (tertiary/aromatic N) is 2. The summed E-state index contributed by atoms with van der Waals surface area (Å²) < 4.78 is 5.31. The minimum Gasteiger partial charge on any atom is -0.385 e. The molecule has 1 saturated heterocycles. The second-order valence-corrected chi connectivity index (χ2v) is 5.78. The van der Waals surface area contributed by atoms with Gasteiger partial charge < -0.3 is 15.2 Å². The van der Waals surface area contributed by atoms with Crippen LogP contribution in [0.3, 0.4) is 0 Å². The number of hydrogen-bond acceptors (Lipinski definition) is 6. The molecule has 0 saturated carbocycles. The highest BCUT2D eigenvalue weighted by atomic mass is 35.5. The van der Waals surface area contributed by atoms with E-state index in [2.05, 4.69) is 15.3 Å². The van der Waals surface area contributed by atoms with Gasteiger partial charge in [-0.3, -0.25) is 4.79 Å². The second kappa shape index (κ2) is 6.26. The average Bonchev–Trinajstić information content (AvgIpc) is 2.77. The lowest BCUT2D eigenvalue weighted by atomic mass is 9.97. The van der Waals surface area contributed by atoms with Crippen LogP contribution in [0.1, 0.15) is 23.8 Å². The number of aliphatic hydroxyl groups is 1. The number of aromatic nitrogens is 2. The molecule has 6 nitrogen and oxygen atoms in total. The third-order valence-electron chi connectivity index (χ3n) is 3.33. The van der Waals surface area contributed by atoms with E-state index in [0.29, 0.717) is 18.2 Å². The molecule has 0 aliphatic carbocycles. The molecule has 1 aliphatic rings. The molecule has 2 rings (SSSR count). The quantitative estimate of drug-likeness (QED) is 0.639. The molecule has 8 heteroatoms. The van der Waals surface area contributed by atoms with Crippen LogP contribution in [0.15, 0.2) is 11.4 Å². The smallest absolute Gasteiger partial charge is 0.271 e. The first-order valence-corrected chi connectivity index (χ1v) is 7.75. The fourth-order valence-electron chi connectivity index (χ4n) is 1.93. The maximum Gasteiger partial charge on any atom is 0.271 e. The first kappa shape index (κ1) is 15.5. The summed E-state index contributed by atoms with van der Waals surface area (Å²) in [5, 5.41) is 13.6. The van der Waals surface area contributed by atoms with E-state index in [1.165, 1.54) is 18.0 Å². The Balaban J connectivity index is 2.05. The summed E-state index contributed by atoms with van der Waals surface area (Å²) in [5.74, 6) is -0.430. The zero-order chi connectivity index (χ0) is 14.8. The Labute approximate surface area is 126 Å². The lowest BCUT2D eigenvalue weighted by Crippen LogP contribution is -2.47. The summed E-state index contributed by atoms with van der Waals surface area (Å²) in [7, 11) is 0. The van der Waals surface area contributed by atoms with Gasteiger partial charge in [0.2, 0.25) is 0 Å². The predicted molar refractivity (Wildman–Crippen MR) is 76.1 cm³/mol.